The molecule has 1 aromatic heterocycles. The molecular weight excluding hydrogens is 367 g/mol. The standard InChI is InChI=1S/C14H9F5N4O3/c15-7-2-1-3-8(16)11(7)12(24)21-13(25)20-9-4-5-10(23-22-9)26-6-14(17,18)19/h1-5H,6H2,(H2,20,21,22,24,25). The van der Waals surface area contributed by atoms with Gasteiger partial charge in [-0.3, -0.25) is 15.4 Å². The number of imide groups is 1. The Kier molecular flexibility index (Phi) is 5.64. The number of halogens is 5. The number of nitrogens with zero attached hydrogens (tertiary/aromatic N) is 2. The molecule has 0 atom stereocenters. The van der Waals surface area contributed by atoms with Crippen molar-refractivity contribution in [1.29, 1.82) is 0 Å². The van der Waals surface area contributed by atoms with Gasteiger partial charge in [-0.1, -0.05) is 6.07 Å². The zero-order chi connectivity index (χ0) is 19.3. The molecule has 2 rings (SSSR count). The third kappa shape index (κ3) is 5.36. The molecule has 0 aliphatic rings. The van der Waals surface area contributed by atoms with E-state index in [2.05, 4.69) is 14.9 Å². The average Bonchev–Trinajstić information content (AvgIpc) is 2.53. The lowest BCUT2D eigenvalue weighted by Crippen LogP contribution is -2.35. The predicted octanol–water partition coefficient (Wildman–Crippen LogP) is 2.66. The van der Waals surface area contributed by atoms with E-state index in [1.165, 1.54) is 0 Å². The molecule has 0 unspecified atom stereocenters. The minimum atomic E-state index is -4.55. The molecule has 0 aliphatic heterocycles. The SMILES string of the molecule is O=C(NC(=O)c1c(F)cccc1F)Nc1ccc(OCC(F)(F)F)nn1. The number of hydrogen-bond acceptors (Lipinski definition) is 5. The largest absolute Gasteiger partial charge is 0.467 e. The maximum absolute atomic E-state index is 13.4. The smallest absolute Gasteiger partial charge is 0.422 e. The highest BCUT2D eigenvalue weighted by atomic mass is 19.4. The summed E-state index contributed by atoms with van der Waals surface area (Å²) >= 11 is 0. The topological polar surface area (TPSA) is 93.2 Å². The number of hydrogen-bond donors (Lipinski definition) is 2. The van der Waals surface area contributed by atoms with Crippen LogP contribution >= 0.6 is 0 Å². The first kappa shape index (κ1) is 19.0. The summed E-state index contributed by atoms with van der Waals surface area (Å²) in [5, 5.41) is 10.3. The minimum absolute atomic E-state index is 0.247. The number of alkyl halides is 3. The Hall–Kier alpha value is -3.31. The van der Waals surface area contributed by atoms with Gasteiger partial charge in [0.15, 0.2) is 12.4 Å². The van der Waals surface area contributed by atoms with Gasteiger partial charge >= 0.3 is 12.2 Å². The number of carbonyl (C=O) groups excluding carboxylic acids is 2. The van der Waals surface area contributed by atoms with Gasteiger partial charge in [0.25, 0.3) is 5.91 Å². The van der Waals surface area contributed by atoms with Gasteiger partial charge in [0.1, 0.15) is 17.2 Å². The van der Waals surface area contributed by atoms with E-state index >= 15 is 0 Å². The van der Waals surface area contributed by atoms with Gasteiger partial charge in [-0.05, 0) is 18.2 Å². The number of carbonyl (C=O) groups is 2. The highest BCUT2D eigenvalue weighted by Crippen LogP contribution is 2.17. The fourth-order valence-electron chi connectivity index (χ4n) is 1.65. The molecule has 7 nitrogen and oxygen atoms in total. The molecule has 0 aliphatic carbocycles. The van der Waals surface area contributed by atoms with Crippen LogP contribution in [0.25, 0.3) is 0 Å². The summed E-state index contributed by atoms with van der Waals surface area (Å²) in [5.41, 5.74) is -0.954. The van der Waals surface area contributed by atoms with Crippen LogP contribution in [0.1, 0.15) is 10.4 Å². The molecule has 2 N–H and O–H groups in total. The minimum Gasteiger partial charge on any atom is -0.467 e. The van der Waals surface area contributed by atoms with Crippen molar-refractivity contribution in [3.8, 4) is 5.88 Å². The molecule has 0 fully saturated rings. The number of aromatic nitrogens is 2. The van der Waals surface area contributed by atoms with Crippen molar-refractivity contribution < 1.29 is 36.3 Å². The quantitative estimate of drug-likeness (QED) is 0.801. The van der Waals surface area contributed by atoms with E-state index in [-0.39, 0.29) is 5.82 Å². The second kappa shape index (κ2) is 7.72. The fourth-order valence-corrected chi connectivity index (χ4v) is 1.65. The highest BCUT2D eigenvalue weighted by Gasteiger charge is 2.28. The lowest BCUT2D eigenvalue weighted by atomic mass is 10.2. The zero-order valence-corrected chi connectivity index (χ0v) is 12.6. The maximum atomic E-state index is 13.4. The number of rotatable bonds is 4. The zero-order valence-electron chi connectivity index (χ0n) is 12.6. The molecule has 138 valence electrons. The Labute approximate surface area is 142 Å². The van der Waals surface area contributed by atoms with E-state index in [0.717, 1.165) is 30.3 Å². The molecule has 3 amide bonds. The van der Waals surface area contributed by atoms with Crippen molar-refractivity contribution in [2.75, 3.05) is 11.9 Å². The Balaban J connectivity index is 1.94. The van der Waals surface area contributed by atoms with Crippen LogP contribution in [0.2, 0.25) is 0 Å². The van der Waals surface area contributed by atoms with Gasteiger partial charge in [-0.2, -0.15) is 13.2 Å². The summed E-state index contributed by atoms with van der Waals surface area (Å²) in [7, 11) is 0. The van der Waals surface area contributed by atoms with Crippen LogP contribution in [-0.2, 0) is 0 Å². The predicted molar refractivity (Wildman–Crippen MR) is 76.4 cm³/mol. The number of benzene rings is 1. The Morgan fingerprint density at radius 3 is 2.23 bits per heavy atom. The second-order valence-corrected chi connectivity index (χ2v) is 4.67. The first-order chi connectivity index (χ1) is 12.2. The fraction of sp³-hybridized carbons (Fsp3) is 0.143. The number of urea groups is 1. The van der Waals surface area contributed by atoms with Crippen LogP contribution in [0.4, 0.5) is 32.6 Å². The van der Waals surface area contributed by atoms with Crippen LogP contribution in [0.3, 0.4) is 0 Å². The van der Waals surface area contributed by atoms with E-state index in [1.54, 1.807) is 5.32 Å². The third-order valence-corrected chi connectivity index (χ3v) is 2.68. The van der Waals surface area contributed by atoms with Crippen molar-refractivity contribution in [2.45, 2.75) is 6.18 Å². The Morgan fingerprint density at radius 2 is 1.69 bits per heavy atom. The summed E-state index contributed by atoms with van der Waals surface area (Å²) in [4.78, 5) is 23.3. The first-order valence-corrected chi connectivity index (χ1v) is 6.75. The van der Waals surface area contributed by atoms with Gasteiger partial charge in [-0.15, -0.1) is 10.2 Å². The van der Waals surface area contributed by atoms with Crippen LogP contribution in [-0.4, -0.2) is 34.9 Å². The molecule has 0 saturated carbocycles. The first-order valence-electron chi connectivity index (χ1n) is 6.75. The van der Waals surface area contributed by atoms with Gasteiger partial charge < -0.3 is 4.74 Å². The second-order valence-electron chi connectivity index (χ2n) is 4.67. The van der Waals surface area contributed by atoms with Crippen molar-refractivity contribution >= 4 is 17.8 Å². The van der Waals surface area contributed by atoms with Gasteiger partial charge in [0.2, 0.25) is 5.88 Å². The molecular formula is C14H9F5N4O3. The van der Waals surface area contributed by atoms with E-state index in [9.17, 15) is 31.5 Å². The number of amides is 3. The molecule has 0 bridgehead atoms. The molecule has 1 aromatic carbocycles. The van der Waals surface area contributed by atoms with Crippen LogP contribution in [0.5, 0.6) is 5.88 Å². The van der Waals surface area contributed by atoms with Crippen molar-refractivity contribution in [1.82, 2.24) is 15.5 Å². The number of nitrogens with one attached hydrogen (secondary N) is 2. The van der Waals surface area contributed by atoms with Gasteiger partial charge in [0, 0.05) is 6.07 Å². The summed E-state index contributed by atoms with van der Waals surface area (Å²) in [6.07, 6.45) is -4.55. The van der Waals surface area contributed by atoms with Crippen molar-refractivity contribution in [3.63, 3.8) is 0 Å². The summed E-state index contributed by atoms with van der Waals surface area (Å²) in [5.74, 6) is -4.36. The lowest BCUT2D eigenvalue weighted by Gasteiger charge is -2.09. The molecule has 0 radical (unpaired) electrons. The molecule has 1 heterocycles. The highest BCUT2D eigenvalue weighted by molar-refractivity contribution is 6.07. The molecule has 2 aromatic rings. The van der Waals surface area contributed by atoms with E-state index in [1.807, 2.05) is 5.32 Å². The molecule has 0 spiro atoms. The van der Waals surface area contributed by atoms with Gasteiger partial charge in [0.05, 0.1) is 0 Å². The normalized spacial score (nSPS) is 11.0. The molecule has 0 saturated heterocycles. The van der Waals surface area contributed by atoms with E-state index in [0.29, 0.717) is 0 Å². The summed E-state index contributed by atoms with van der Waals surface area (Å²) < 4.78 is 67.1. The molecule has 12 heteroatoms. The summed E-state index contributed by atoms with van der Waals surface area (Å²) in [6, 6.07) is 3.57. The third-order valence-electron chi connectivity index (χ3n) is 2.68. The number of anilines is 1. The monoisotopic (exact) mass is 376 g/mol. The van der Waals surface area contributed by atoms with Crippen LogP contribution in [0.15, 0.2) is 30.3 Å². The van der Waals surface area contributed by atoms with Crippen molar-refractivity contribution in [3.05, 3.63) is 47.5 Å². The van der Waals surface area contributed by atoms with Crippen molar-refractivity contribution in [2.24, 2.45) is 0 Å². The Bertz CT molecular complexity index is 791. The lowest BCUT2D eigenvalue weighted by molar-refractivity contribution is -0.154. The Morgan fingerprint density at radius 1 is 1.04 bits per heavy atom. The van der Waals surface area contributed by atoms with Crippen LogP contribution < -0.4 is 15.4 Å². The maximum Gasteiger partial charge on any atom is 0.422 e. The average molecular weight is 376 g/mol. The van der Waals surface area contributed by atoms with E-state index < -0.39 is 47.8 Å². The summed E-state index contributed by atoms with van der Waals surface area (Å²) in [6.45, 7) is -1.57. The molecule has 26 heavy (non-hydrogen) atoms. The van der Waals surface area contributed by atoms with E-state index in [4.69, 9.17) is 0 Å². The van der Waals surface area contributed by atoms with Crippen LogP contribution in [0, 0.1) is 11.6 Å². The number of ether oxygens (including phenoxy) is 1. The van der Waals surface area contributed by atoms with Gasteiger partial charge in [-0.25, -0.2) is 13.6 Å².